The van der Waals surface area contributed by atoms with Crippen molar-refractivity contribution in [2.24, 2.45) is 0 Å². The molecule has 1 heterocycles. The SMILES string of the molecule is O=C(O)C(=Cc1ccccn1)C(=O)c1ccc(F)cc1. The number of Topliss-reactive ketones (excluding diaryl/α,β-unsaturated/α-hetero) is 1. The Labute approximate surface area is 114 Å². The van der Waals surface area contributed by atoms with Crippen LogP contribution in [0.5, 0.6) is 0 Å². The number of aliphatic carboxylic acids is 1. The summed E-state index contributed by atoms with van der Waals surface area (Å²) in [5.41, 5.74) is 0.0478. The molecule has 0 saturated carbocycles. The first-order chi connectivity index (χ1) is 9.58. The minimum atomic E-state index is -1.36. The Morgan fingerprint density at radius 1 is 1.10 bits per heavy atom. The second kappa shape index (κ2) is 5.88. The van der Waals surface area contributed by atoms with Crippen molar-refractivity contribution in [2.45, 2.75) is 0 Å². The van der Waals surface area contributed by atoms with Crippen LogP contribution in [0.2, 0.25) is 0 Å². The van der Waals surface area contributed by atoms with Gasteiger partial charge in [-0.3, -0.25) is 9.78 Å². The van der Waals surface area contributed by atoms with Gasteiger partial charge in [-0.1, -0.05) is 6.07 Å². The third-order valence-electron chi connectivity index (χ3n) is 2.56. The highest BCUT2D eigenvalue weighted by molar-refractivity contribution is 6.26. The standard InChI is InChI=1S/C15H10FNO3/c16-11-6-4-10(5-7-11)14(18)13(15(19)20)9-12-3-1-2-8-17-12/h1-9H,(H,19,20). The molecule has 0 amide bonds. The van der Waals surface area contributed by atoms with Gasteiger partial charge in [0.05, 0.1) is 5.69 Å². The van der Waals surface area contributed by atoms with Gasteiger partial charge in [-0.25, -0.2) is 9.18 Å². The van der Waals surface area contributed by atoms with Crippen LogP contribution in [0.3, 0.4) is 0 Å². The topological polar surface area (TPSA) is 67.3 Å². The fraction of sp³-hybridized carbons (Fsp3) is 0. The number of nitrogens with zero attached hydrogens (tertiary/aromatic N) is 1. The molecule has 0 radical (unpaired) electrons. The predicted octanol–water partition coefficient (Wildman–Crippen LogP) is 2.57. The highest BCUT2D eigenvalue weighted by atomic mass is 19.1. The molecule has 1 aromatic carbocycles. The van der Waals surface area contributed by atoms with E-state index in [9.17, 15) is 14.0 Å². The molecule has 5 heteroatoms. The number of hydrogen-bond donors (Lipinski definition) is 1. The van der Waals surface area contributed by atoms with E-state index in [1.165, 1.54) is 24.4 Å². The van der Waals surface area contributed by atoms with Gasteiger partial charge in [0.25, 0.3) is 0 Å². The number of carbonyl (C=O) groups is 2. The Balaban J connectivity index is 2.39. The maximum atomic E-state index is 12.8. The summed E-state index contributed by atoms with van der Waals surface area (Å²) in [6.45, 7) is 0. The molecule has 1 N–H and O–H groups in total. The normalized spacial score (nSPS) is 11.2. The van der Waals surface area contributed by atoms with E-state index in [0.29, 0.717) is 5.69 Å². The summed E-state index contributed by atoms with van der Waals surface area (Å²) >= 11 is 0. The van der Waals surface area contributed by atoms with E-state index in [0.717, 1.165) is 12.1 Å². The van der Waals surface area contributed by atoms with Gasteiger partial charge in [0, 0.05) is 11.8 Å². The van der Waals surface area contributed by atoms with Gasteiger partial charge in [0.1, 0.15) is 11.4 Å². The summed E-state index contributed by atoms with van der Waals surface area (Å²) in [6.07, 6.45) is 2.68. The van der Waals surface area contributed by atoms with Crippen LogP contribution in [0.15, 0.2) is 54.2 Å². The molecular formula is C15H10FNO3. The third-order valence-corrected chi connectivity index (χ3v) is 2.56. The van der Waals surface area contributed by atoms with Crippen LogP contribution in [0, 0.1) is 5.82 Å². The molecule has 100 valence electrons. The van der Waals surface area contributed by atoms with E-state index in [1.807, 2.05) is 0 Å². The zero-order chi connectivity index (χ0) is 14.5. The average Bonchev–Trinajstić information content (AvgIpc) is 2.45. The number of ketones is 1. The van der Waals surface area contributed by atoms with E-state index in [2.05, 4.69) is 4.98 Å². The Hall–Kier alpha value is -2.82. The number of halogens is 1. The first-order valence-electron chi connectivity index (χ1n) is 5.74. The van der Waals surface area contributed by atoms with Crippen LogP contribution in [-0.2, 0) is 4.79 Å². The van der Waals surface area contributed by atoms with Gasteiger partial charge in [-0.05, 0) is 42.5 Å². The lowest BCUT2D eigenvalue weighted by molar-refractivity contribution is -0.132. The van der Waals surface area contributed by atoms with Crippen LogP contribution >= 0.6 is 0 Å². The molecule has 0 aliphatic carbocycles. The van der Waals surface area contributed by atoms with Gasteiger partial charge in [-0.15, -0.1) is 0 Å². The molecular weight excluding hydrogens is 261 g/mol. The lowest BCUT2D eigenvalue weighted by Crippen LogP contribution is -2.12. The fourth-order valence-electron chi connectivity index (χ4n) is 1.59. The molecule has 0 aliphatic rings. The highest BCUT2D eigenvalue weighted by Crippen LogP contribution is 2.13. The number of hydrogen-bond acceptors (Lipinski definition) is 3. The second-order valence-corrected chi connectivity index (χ2v) is 3.95. The molecule has 0 fully saturated rings. The molecule has 1 aromatic heterocycles. The molecule has 4 nitrogen and oxygen atoms in total. The minimum Gasteiger partial charge on any atom is -0.478 e. The number of carboxylic acids is 1. The Morgan fingerprint density at radius 3 is 2.35 bits per heavy atom. The summed E-state index contributed by atoms with van der Waals surface area (Å²) in [5, 5.41) is 9.13. The lowest BCUT2D eigenvalue weighted by Gasteiger charge is -2.02. The van der Waals surface area contributed by atoms with Gasteiger partial charge >= 0.3 is 5.97 Å². The van der Waals surface area contributed by atoms with Crippen molar-refractivity contribution in [1.29, 1.82) is 0 Å². The summed E-state index contributed by atoms with van der Waals surface area (Å²) in [6, 6.07) is 9.64. The lowest BCUT2D eigenvalue weighted by atomic mass is 10.0. The molecule has 20 heavy (non-hydrogen) atoms. The van der Waals surface area contributed by atoms with Crippen LogP contribution in [-0.4, -0.2) is 21.8 Å². The fourth-order valence-corrected chi connectivity index (χ4v) is 1.59. The smallest absolute Gasteiger partial charge is 0.339 e. The maximum absolute atomic E-state index is 12.8. The van der Waals surface area contributed by atoms with Gasteiger partial charge in [0.2, 0.25) is 0 Å². The first-order valence-corrected chi connectivity index (χ1v) is 5.74. The summed E-state index contributed by atoms with van der Waals surface area (Å²) in [7, 11) is 0. The van der Waals surface area contributed by atoms with Crippen molar-refractivity contribution >= 4 is 17.8 Å². The molecule has 2 rings (SSSR count). The largest absolute Gasteiger partial charge is 0.478 e. The van der Waals surface area contributed by atoms with E-state index in [4.69, 9.17) is 5.11 Å². The van der Waals surface area contributed by atoms with Crippen molar-refractivity contribution < 1.29 is 19.1 Å². The summed E-state index contributed by atoms with van der Waals surface area (Å²) < 4.78 is 12.8. The maximum Gasteiger partial charge on any atom is 0.339 e. The van der Waals surface area contributed by atoms with E-state index < -0.39 is 23.1 Å². The molecule has 2 aromatic rings. The molecule has 0 aliphatic heterocycles. The number of rotatable bonds is 4. The Morgan fingerprint density at radius 2 is 1.80 bits per heavy atom. The number of carbonyl (C=O) groups excluding carboxylic acids is 1. The van der Waals surface area contributed by atoms with E-state index >= 15 is 0 Å². The van der Waals surface area contributed by atoms with Gasteiger partial charge < -0.3 is 5.11 Å². The predicted molar refractivity (Wildman–Crippen MR) is 70.6 cm³/mol. The number of pyridine rings is 1. The van der Waals surface area contributed by atoms with Crippen LogP contribution in [0.4, 0.5) is 4.39 Å². The number of benzene rings is 1. The quantitative estimate of drug-likeness (QED) is 0.401. The monoisotopic (exact) mass is 271 g/mol. The second-order valence-electron chi connectivity index (χ2n) is 3.95. The van der Waals surface area contributed by atoms with Crippen molar-refractivity contribution in [3.8, 4) is 0 Å². The van der Waals surface area contributed by atoms with Crippen molar-refractivity contribution in [3.63, 3.8) is 0 Å². The average molecular weight is 271 g/mol. The minimum absolute atomic E-state index is 0.107. The van der Waals surface area contributed by atoms with E-state index in [-0.39, 0.29) is 5.56 Å². The molecule has 0 unspecified atom stereocenters. The molecule has 0 bridgehead atoms. The van der Waals surface area contributed by atoms with Gasteiger partial charge in [0.15, 0.2) is 5.78 Å². The summed E-state index contributed by atoms with van der Waals surface area (Å²) in [5.74, 6) is -2.54. The number of aromatic nitrogens is 1. The Kier molecular flexibility index (Phi) is 4.00. The van der Waals surface area contributed by atoms with Gasteiger partial charge in [-0.2, -0.15) is 0 Å². The number of carboxylic acid groups (broad SMARTS) is 1. The summed E-state index contributed by atoms with van der Waals surface area (Å²) in [4.78, 5) is 27.2. The third kappa shape index (κ3) is 3.14. The van der Waals surface area contributed by atoms with Crippen LogP contribution < -0.4 is 0 Å². The Bertz CT molecular complexity index is 663. The van der Waals surface area contributed by atoms with Crippen molar-refractivity contribution in [1.82, 2.24) is 4.98 Å². The molecule has 0 spiro atoms. The van der Waals surface area contributed by atoms with Crippen molar-refractivity contribution in [3.05, 3.63) is 71.3 Å². The van der Waals surface area contributed by atoms with Crippen molar-refractivity contribution in [2.75, 3.05) is 0 Å². The van der Waals surface area contributed by atoms with Crippen LogP contribution in [0.1, 0.15) is 16.1 Å². The molecule has 0 saturated heterocycles. The zero-order valence-electron chi connectivity index (χ0n) is 10.3. The van der Waals surface area contributed by atoms with E-state index in [1.54, 1.807) is 18.2 Å². The van der Waals surface area contributed by atoms with Crippen LogP contribution in [0.25, 0.3) is 6.08 Å². The molecule has 0 atom stereocenters. The first kappa shape index (κ1) is 13.6. The zero-order valence-corrected chi connectivity index (χ0v) is 10.3. The highest BCUT2D eigenvalue weighted by Gasteiger charge is 2.19.